The topological polar surface area (TPSA) is 94.6 Å². The molecule has 0 heterocycles. The van der Waals surface area contributed by atoms with Crippen molar-refractivity contribution in [2.24, 2.45) is 0 Å². The van der Waals surface area contributed by atoms with Crippen molar-refractivity contribution in [3.63, 3.8) is 0 Å². The highest BCUT2D eigenvalue weighted by atomic mass is 32.2. The number of esters is 1. The zero-order valence-electron chi connectivity index (χ0n) is 11.4. The second-order valence-electron chi connectivity index (χ2n) is 4.43. The highest BCUT2D eigenvalue weighted by molar-refractivity contribution is 7.91. The van der Waals surface area contributed by atoms with Crippen molar-refractivity contribution < 1.29 is 26.4 Å². The molecule has 112 valence electrons. The first-order valence-electron chi connectivity index (χ1n) is 5.71. The minimum Gasteiger partial charge on any atom is -0.458 e. The van der Waals surface area contributed by atoms with E-state index in [0.29, 0.717) is 0 Å². The highest BCUT2D eigenvalue weighted by Gasteiger charge is 2.22. The van der Waals surface area contributed by atoms with Crippen LogP contribution < -0.4 is 0 Å². The van der Waals surface area contributed by atoms with E-state index in [1.807, 2.05) is 0 Å². The van der Waals surface area contributed by atoms with Gasteiger partial charge < -0.3 is 4.74 Å². The van der Waals surface area contributed by atoms with Crippen LogP contribution >= 0.6 is 0 Å². The van der Waals surface area contributed by atoms with E-state index in [2.05, 4.69) is 6.58 Å². The SMILES string of the molecule is C=C(C)C(=O)OC(CCS(=O)(=O)CC)CS(C)(=O)=O. The number of rotatable bonds is 8. The molecule has 0 rings (SSSR count). The van der Waals surface area contributed by atoms with Gasteiger partial charge in [0.15, 0.2) is 9.84 Å². The van der Waals surface area contributed by atoms with Crippen LogP contribution in [0.5, 0.6) is 0 Å². The van der Waals surface area contributed by atoms with Crippen LogP contribution in [0, 0.1) is 0 Å². The van der Waals surface area contributed by atoms with Gasteiger partial charge in [0, 0.05) is 17.6 Å². The average Bonchev–Trinajstić information content (AvgIpc) is 2.24. The van der Waals surface area contributed by atoms with Gasteiger partial charge in [0.25, 0.3) is 0 Å². The molecule has 6 nitrogen and oxygen atoms in total. The quantitative estimate of drug-likeness (QED) is 0.474. The number of carbonyl (C=O) groups excluding carboxylic acids is 1. The van der Waals surface area contributed by atoms with Crippen molar-refractivity contribution in [3.8, 4) is 0 Å². The van der Waals surface area contributed by atoms with Gasteiger partial charge in [-0.3, -0.25) is 0 Å². The van der Waals surface area contributed by atoms with Crippen LogP contribution in [-0.2, 0) is 29.2 Å². The van der Waals surface area contributed by atoms with Crippen molar-refractivity contribution in [3.05, 3.63) is 12.2 Å². The van der Waals surface area contributed by atoms with E-state index in [1.54, 1.807) is 0 Å². The molecule has 0 spiro atoms. The smallest absolute Gasteiger partial charge is 0.333 e. The molecule has 1 unspecified atom stereocenters. The van der Waals surface area contributed by atoms with E-state index in [4.69, 9.17) is 4.74 Å². The van der Waals surface area contributed by atoms with Gasteiger partial charge in [-0.25, -0.2) is 21.6 Å². The summed E-state index contributed by atoms with van der Waals surface area (Å²) in [6.45, 7) is 6.32. The molecular formula is C11H20O6S2. The van der Waals surface area contributed by atoms with Crippen molar-refractivity contribution in [2.75, 3.05) is 23.5 Å². The predicted octanol–water partition coefficient (Wildman–Crippen LogP) is 0.344. The van der Waals surface area contributed by atoms with E-state index in [9.17, 15) is 21.6 Å². The minimum atomic E-state index is -3.37. The Morgan fingerprint density at radius 2 is 1.79 bits per heavy atom. The van der Waals surface area contributed by atoms with E-state index >= 15 is 0 Å². The first-order chi connectivity index (χ1) is 8.47. The summed E-state index contributed by atoms with van der Waals surface area (Å²) >= 11 is 0. The molecule has 0 aromatic rings. The van der Waals surface area contributed by atoms with Crippen LogP contribution in [0.4, 0.5) is 0 Å². The van der Waals surface area contributed by atoms with Crippen LogP contribution in [0.1, 0.15) is 20.3 Å². The third kappa shape index (κ3) is 8.77. The molecule has 0 saturated heterocycles. The third-order valence-corrected chi connectivity index (χ3v) is 5.02. The third-order valence-electron chi connectivity index (χ3n) is 2.30. The van der Waals surface area contributed by atoms with E-state index in [1.165, 1.54) is 13.8 Å². The molecule has 0 saturated carbocycles. The molecule has 0 aliphatic heterocycles. The van der Waals surface area contributed by atoms with Gasteiger partial charge in [-0.05, 0) is 13.3 Å². The van der Waals surface area contributed by atoms with Crippen LogP contribution in [-0.4, -0.2) is 52.4 Å². The lowest BCUT2D eigenvalue weighted by Crippen LogP contribution is -2.29. The lowest BCUT2D eigenvalue weighted by Gasteiger charge is -2.17. The van der Waals surface area contributed by atoms with Gasteiger partial charge in [0.2, 0.25) is 0 Å². The molecule has 8 heteroatoms. The largest absolute Gasteiger partial charge is 0.458 e. The van der Waals surface area contributed by atoms with Gasteiger partial charge in [-0.1, -0.05) is 13.5 Å². The van der Waals surface area contributed by atoms with Gasteiger partial charge in [-0.15, -0.1) is 0 Å². The minimum absolute atomic E-state index is 0.0347. The summed E-state index contributed by atoms with van der Waals surface area (Å²) in [5.41, 5.74) is 0.136. The number of carbonyl (C=O) groups is 1. The zero-order valence-corrected chi connectivity index (χ0v) is 13.0. The summed E-state index contributed by atoms with van der Waals surface area (Å²) in [4.78, 5) is 11.4. The molecule has 0 aromatic heterocycles. The Hall–Kier alpha value is -0.890. The monoisotopic (exact) mass is 312 g/mol. The zero-order chi connectivity index (χ0) is 15.3. The van der Waals surface area contributed by atoms with Gasteiger partial charge >= 0.3 is 5.97 Å². The lowest BCUT2D eigenvalue weighted by atomic mass is 10.3. The molecule has 0 N–H and O–H groups in total. The Kier molecular flexibility index (Phi) is 6.71. The van der Waals surface area contributed by atoms with Gasteiger partial charge in [0.05, 0.1) is 11.5 Å². The summed E-state index contributed by atoms with van der Waals surface area (Å²) in [7, 11) is -6.61. The summed E-state index contributed by atoms with van der Waals surface area (Å²) in [6, 6.07) is 0. The maximum Gasteiger partial charge on any atom is 0.333 e. The molecule has 0 aromatic carbocycles. The maximum absolute atomic E-state index is 11.4. The van der Waals surface area contributed by atoms with Crippen LogP contribution in [0.3, 0.4) is 0 Å². The molecule has 1 atom stereocenters. The Balaban J connectivity index is 4.78. The first kappa shape index (κ1) is 18.1. The molecule has 0 aliphatic carbocycles. The predicted molar refractivity (Wildman–Crippen MR) is 73.3 cm³/mol. The Morgan fingerprint density at radius 1 is 1.26 bits per heavy atom. The van der Waals surface area contributed by atoms with Crippen molar-refractivity contribution in [2.45, 2.75) is 26.4 Å². The fourth-order valence-corrected chi connectivity index (χ4v) is 3.04. The van der Waals surface area contributed by atoms with E-state index in [-0.39, 0.29) is 23.5 Å². The second kappa shape index (κ2) is 7.04. The average molecular weight is 312 g/mol. The number of sulfone groups is 2. The van der Waals surface area contributed by atoms with Crippen LogP contribution in [0.15, 0.2) is 12.2 Å². The maximum atomic E-state index is 11.4. The van der Waals surface area contributed by atoms with Gasteiger partial charge in [0.1, 0.15) is 15.9 Å². The first-order valence-corrected chi connectivity index (χ1v) is 9.59. The lowest BCUT2D eigenvalue weighted by molar-refractivity contribution is -0.143. The summed E-state index contributed by atoms with van der Waals surface area (Å²) < 4.78 is 50.2. The highest BCUT2D eigenvalue weighted by Crippen LogP contribution is 2.08. The van der Waals surface area contributed by atoms with Crippen molar-refractivity contribution in [1.82, 2.24) is 0 Å². The van der Waals surface area contributed by atoms with Gasteiger partial charge in [-0.2, -0.15) is 0 Å². The fraction of sp³-hybridized carbons (Fsp3) is 0.727. The molecule has 0 bridgehead atoms. The van der Waals surface area contributed by atoms with Crippen molar-refractivity contribution in [1.29, 1.82) is 0 Å². The number of hydrogen-bond donors (Lipinski definition) is 0. The summed E-state index contributed by atoms with van der Waals surface area (Å²) in [5.74, 6) is -1.37. The fourth-order valence-electron chi connectivity index (χ4n) is 1.22. The summed E-state index contributed by atoms with van der Waals surface area (Å²) in [5, 5.41) is 0. The number of ether oxygens (including phenoxy) is 1. The van der Waals surface area contributed by atoms with E-state index < -0.39 is 37.5 Å². The molecule has 19 heavy (non-hydrogen) atoms. The molecule has 0 fully saturated rings. The molecular weight excluding hydrogens is 292 g/mol. The van der Waals surface area contributed by atoms with Crippen molar-refractivity contribution >= 4 is 25.6 Å². The Bertz CT molecular complexity index is 530. The summed E-state index contributed by atoms with van der Waals surface area (Å²) in [6.07, 6.45) is -0.00826. The molecule has 0 amide bonds. The van der Waals surface area contributed by atoms with E-state index in [0.717, 1.165) is 6.26 Å². The normalized spacial score (nSPS) is 13.8. The Labute approximate surface area is 114 Å². The molecule has 0 aliphatic rings. The Morgan fingerprint density at radius 3 is 2.16 bits per heavy atom. The van der Waals surface area contributed by atoms with Crippen LogP contribution in [0.25, 0.3) is 0 Å². The standard InChI is InChI=1S/C11H20O6S2/c1-5-19(15,16)7-6-10(8-18(4,13)14)17-11(12)9(2)3/h10H,2,5-8H2,1,3-4H3. The second-order valence-corrected chi connectivity index (χ2v) is 9.08. The number of hydrogen-bond acceptors (Lipinski definition) is 6. The van der Waals surface area contributed by atoms with Crippen LogP contribution in [0.2, 0.25) is 0 Å². The molecule has 0 radical (unpaired) electrons.